The van der Waals surface area contributed by atoms with Crippen molar-refractivity contribution >= 4 is 50.3 Å². The van der Waals surface area contributed by atoms with Gasteiger partial charge in [-0.1, -0.05) is 18.0 Å². The summed E-state index contributed by atoms with van der Waals surface area (Å²) in [5, 5.41) is 4.33. The maximum Gasteiger partial charge on any atom is 0.252 e. The normalized spacial score (nSPS) is 30.0. The number of thiophene rings is 1. The second-order valence-corrected chi connectivity index (χ2v) is 11.4. The first kappa shape index (κ1) is 18.0. The van der Waals surface area contributed by atoms with E-state index in [1.54, 1.807) is 12.1 Å². The van der Waals surface area contributed by atoms with Gasteiger partial charge in [-0.15, -0.1) is 11.3 Å². The molecule has 2 bridgehead atoms. The number of hydrogen-bond donors (Lipinski definition) is 1. The monoisotopic (exact) mass is 419 g/mol. The molecule has 9 heteroatoms. The fourth-order valence-electron chi connectivity index (χ4n) is 4.37. The van der Waals surface area contributed by atoms with Gasteiger partial charge in [-0.2, -0.15) is 4.31 Å². The molecular formula is C16H22ClN3O2S3. The Balaban J connectivity index is 1.33. The van der Waals surface area contributed by atoms with Crippen LogP contribution in [0.25, 0.3) is 0 Å². The van der Waals surface area contributed by atoms with E-state index in [0.717, 1.165) is 28.3 Å². The van der Waals surface area contributed by atoms with Gasteiger partial charge < -0.3 is 10.2 Å². The van der Waals surface area contributed by atoms with Gasteiger partial charge in [-0.25, -0.2) is 8.42 Å². The summed E-state index contributed by atoms with van der Waals surface area (Å²) < 4.78 is 27.6. The van der Waals surface area contributed by atoms with Gasteiger partial charge >= 0.3 is 0 Å². The second-order valence-electron chi connectivity index (χ2n) is 7.18. The largest absolute Gasteiger partial charge is 0.360 e. The fraction of sp³-hybridized carbons (Fsp3) is 0.688. The average molecular weight is 420 g/mol. The maximum atomic E-state index is 12.7. The van der Waals surface area contributed by atoms with Crippen molar-refractivity contribution in [3.63, 3.8) is 0 Å². The van der Waals surface area contributed by atoms with Crippen molar-refractivity contribution in [1.82, 2.24) is 14.5 Å². The van der Waals surface area contributed by atoms with Crippen LogP contribution in [0.3, 0.4) is 0 Å². The molecule has 5 nitrogen and oxygen atoms in total. The van der Waals surface area contributed by atoms with Crippen molar-refractivity contribution in [3.05, 3.63) is 16.5 Å². The molecule has 1 N–H and O–H groups in total. The van der Waals surface area contributed by atoms with E-state index in [4.69, 9.17) is 23.8 Å². The highest BCUT2D eigenvalue weighted by Gasteiger charge is 2.40. The van der Waals surface area contributed by atoms with Crippen LogP contribution in [-0.2, 0) is 10.0 Å². The van der Waals surface area contributed by atoms with Gasteiger partial charge in [0.25, 0.3) is 10.0 Å². The highest BCUT2D eigenvalue weighted by atomic mass is 35.5. The van der Waals surface area contributed by atoms with E-state index in [1.165, 1.54) is 30.0 Å². The molecule has 0 aromatic carbocycles. The second kappa shape index (κ2) is 6.96. The van der Waals surface area contributed by atoms with Crippen molar-refractivity contribution < 1.29 is 8.42 Å². The molecule has 1 aliphatic heterocycles. The van der Waals surface area contributed by atoms with E-state index in [-0.39, 0.29) is 0 Å². The molecule has 0 radical (unpaired) electrons. The third-order valence-electron chi connectivity index (χ3n) is 5.72. The molecule has 0 unspecified atom stereocenters. The van der Waals surface area contributed by atoms with Gasteiger partial charge in [0.05, 0.1) is 4.34 Å². The predicted octanol–water partition coefficient (Wildman–Crippen LogP) is 2.77. The highest BCUT2D eigenvalue weighted by Crippen LogP contribution is 2.44. The van der Waals surface area contributed by atoms with Crippen LogP contribution < -0.4 is 5.32 Å². The van der Waals surface area contributed by atoms with Crippen LogP contribution in [0.2, 0.25) is 4.34 Å². The quantitative estimate of drug-likeness (QED) is 0.763. The van der Waals surface area contributed by atoms with Crippen LogP contribution in [0.15, 0.2) is 16.3 Å². The average Bonchev–Trinajstić information content (AvgIpc) is 3.32. The third-order valence-corrected chi connectivity index (χ3v) is 9.69. The minimum Gasteiger partial charge on any atom is -0.360 e. The molecule has 2 heterocycles. The van der Waals surface area contributed by atoms with Crippen molar-refractivity contribution in [1.29, 1.82) is 0 Å². The predicted molar refractivity (Wildman–Crippen MR) is 105 cm³/mol. The fourth-order valence-corrected chi connectivity index (χ4v) is 7.76. The smallest absolute Gasteiger partial charge is 0.252 e. The van der Waals surface area contributed by atoms with E-state index < -0.39 is 10.0 Å². The number of hydrogen-bond acceptors (Lipinski definition) is 4. The van der Waals surface area contributed by atoms with Crippen LogP contribution in [0, 0.1) is 11.8 Å². The number of rotatable bonds is 3. The molecule has 1 aromatic rings. The lowest BCUT2D eigenvalue weighted by Gasteiger charge is -2.37. The summed E-state index contributed by atoms with van der Waals surface area (Å²) in [4.78, 5) is 2.11. The Morgan fingerprint density at radius 1 is 1.20 bits per heavy atom. The molecule has 25 heavy (non-hydrogen) atoms. The number of nitrogens with one attached hydrogen (secondary N) is 1. The van der Waals surface area contributed by atoms with E-state index in [9.17, 15) is 8.42 Å². The summed E-state index contributed by atoms with van der Waals surface area (Å²) in [6.45, 7) is 2.17. The van der Waals surface area contributed by atoms with Crippen molar-refractivity contribution in [2.45, 2.75) is 35.9 Å². The molecular weight excluding hydrogens is 398 g/mol. The van der Waals surface area contributed by atoms with Crippen molar-refractivity contribution in [2.75, 3.05) is 26.2 Å². The Morgan fingerprint density at radius 3 is 2.52 bits per heavy atom. The number of halogens is 1. The van der Waals surface area contributed by atoms with Crippen molar-refractivity contribution in [2.24, 2.45) is 11.8 Å². The first-order valence-corrected chi connectivity index (χ1v) is 11.8. The molecule has 3 atom stereocenters. The van der Waals surface area contributed by atoms with Crippen LogP contribution >= 0.6 is 35.2 Å². The lowest BCUT2D eigenvalue weighted by atomic mass is 9.95. The first-order valence-electron chi connectivity index (χ1n) is 8.74. The summed E-state index contributed by atoms with van der Waals surface area (Å²) >= 11 is 12.6. The van der Waals surface area contributed by atoms with Crippen LogP contribution in [0.4, 0.5) is 0 Å². The molecule has 1 aromatic heterocycles. The molecule has 3 aliphatic rings. The zero-order valence-corrected chi connectivity index (χ0v) is 17.1. The molecule has 4 rings (SSSR count). The summed E-state index contributed by atoms with van der Waals surface area (Å²) in [5.41, 5.74) is 0. The Bertz CT molecular complexity index is 758. The number of piperazine rings is 1. The first-order chi connectivity index (χ1) is 11.9. The Morgan fingerprint density at radius 2 is 1.96 bits per heavy atom. The zero-order valence-electron chi connectivity index (χ0n) is 13.9. The van der Waals surface area contributed by atoms with E-state index in [2.05, 4.69) is 10.2 Å². The molecule has 138 valence electrons. The Hall–Kier alpha value is -0.410. The Kier molecular flexibility index (Phi) is 5.00. The Labute approximate surface area is 163 Å². The summed E-state index contributed by atoms with van der Waals surface area (Å²) in [6.07, 6.45) is 5.27. The minimum absolute atomic E-state index is 0.314. The van der Waals surface area contributed by atoms with E-state index in [1.807, 2.05) is 0 Å². The lowest BCUT2D eigenvalue weighted by Crippen LogP contribution is -2.54. The van der Waals surface area contributed by atoms with Gasteiger partial charge in [-0.05, 0) is 55.4 Å². The third kappa shape index (κ3) is 3.56. The molecule has 3 fully saturated rings. The maximum absolute atomic E-state index is 12.7. The van der Waals surface area contributed by atoms with Gasteiger partial charge in [0, 0.05) is 32.2 Å². The molecule has 2 saturated carbocycles. The number of sulfonamides is 1. The summed E-state index contributed by atoms with van der Waals surface area (Å²) in [5.74, 6) is 1.65. The highest BCUT2D eigenvalue weighted by molar-refractivity contribution is 7.91. The zero-order chi connectivity index (χ0) is 17.6. The van der Waals surface area contributed by atoms with Gasteiger partial charge in [0.15, 0.2) is 5.11 Å². The van der Waals surface area contributed by atoms with Crippen molar-refractivity contribution in [3.8, 4) is 0 Å². The van der Waals surface area contributed by atoms with Crippen LogP contribution in [0.1, 0.15) is 25.7 Å². The SMILES string of the molecule is O=S(=O)(c1ccc(Cl)s1)N1CCN(C(=S)N[C@H]2C[C@H]3CC[C@@H]2C3)CC1. The van der Waals surface area contributed by atoms with E-state index in [0.29, 0.717) is 40.8 Å². The molecule has 0 amide bonds. The molecule has 2 aliphatic carbocycles. The van der Waals surface area contributed by atoms with Crippen LogP contribution in [0.5, 0.6) is 0 Å². The molecule has 1 saturated heterocycles. The van der Waals surface area contributed by atoms with E-state index >= 15 is 0 Å². The lowest BCUT2D eigenvalue weighted by molar-refractivity contribution is 0.259. The molecule has 0 spiro atoms. The minimum atomic E-state index is -3.44. The van der Waals surface area contributed by atoms with Gasteiger partial charge in [0.1, 0.15) is 4.21 Å². The van der Waals surface area contributed by atoms with Crippen LogP contribution in [-0.4, -0.2) is 55.0 Å². The number of nitrogens with zero attached hydrogens (tertiary/aromatic N) is 2. The van der Waals surface area contributed by atoms with Gasteiger partial charge in [-0.3, -0.25) is 0 Å². The van der Waals surface area contributed by atoms with Gasteiger partial charge in [0.2, 0.25) is 0 Å². The number of thiocarbonyl (C=S) groups is 1. The standard InChI is InChI=1S/C16H22ClN3O2S3/c17-14-3-4-15(24-14)25(21,22)20-7-5-19(6-8-20)16(23)18-13-10-11-1-2-12(13)9-11/h3-4,11-13H,1-2,5-10H2,(H,18,23)/t11-,12+,13-/m0/s1. The summed E-state index contributed by atoms with van der Waals surface area (Å²) in [6, 6.07) is 3.72. The number of fused-ring (bicyclic) bond motifs is 2. The topological polar surface area (TPSA) is 52.7 Å². The summed E-state index contributed by atoms with van der Waals surface area (Å²) in [7, 11) is -3.44.